The summed E-state index contributed by atoms with van der Waals surface area (Å²) in [5, 5.41) is 4.33. The van der Waals surface area contributed by atoms with Gasteiger partial charge in [0.2, 0.25) is 0 Å². The van der Waals surface area contributed by atoms with Crippen molar-refractivity contribution in [3.63, 3.8) is 0 Å². The molecule has 0 saturated carbocycles. The maximum absolute atomic E-state index is 12.1. The van der Waals surface area contributed by atoms with Gasteiger partial charge >= 0.3 is 6.61 Å². The third-order valence-electron chi connectivity index (χ3n) is 3.46. The Hall–Kier alpha value is -2.76. The molecule has 0 saturated heterocycles. The zero-order valence-corrected chi connectivity index (χ0v) is 12.5. The molecular weight excluding hydrogens is 300 g/mol. The molecule has 4 nitrogen and oxygen atoms in total. The Bertz CT molecular complexity index is 807. The van der Waals surface area contributed by atoms with E-state index in [9.17, 15) is 8.78 Å². The number of halogens is 2. The minimum absolute atomic E-state index is 0.0498. The number of anilines is 1. The maximum atomic E-state index is 12.1. The van der Waals surface area contributed by atoms with E-state index in [4.69, 9.17) is 0 Å². The highest BCUT2D eigenvalue weighted by Gasteiger charge is 2.06. The van der Waals surface area contributed by atoms with E-state index in [-0.39, 0.29) is 5.75 Å². The highest BCUT2D eigenvalue weighted by atomic mass is 19.3. The van der Waals surface area contributed by atoms with E-state index in [0.717, 1.165) is 27.8 Å². The number of hydrogen-bond donors (Lipinski definition) is 1. The first-order chi connectivity index (χ1) is 11.1. The molecule has 2 aromatic heterocycles. The van der Waals surface area contributed by atoms with Crippen LogP contribution in [0.5, 0.6) is 5.75 Å². The van der Waals surface area contributed by atoms with Crippen LogP contribution in [0.2, 0.25) is 0 Å². The van der Waals surface area contributed by atoms with Gasteiger partial charge in [-0.25, -0.2) is 0 Å². The van der Waals surface area contributed by atoms with E-state index < -0.39 is 6.61 Å². The number of hydrogen-bond acceptors (Lipinski definition) is 4. The Morgan fingerprint density at radius 2 is 2.00 bits per heavy atom. The maximum Gasteiger partial charge on any atom is 0.387 e. The number of ether oxygens (including phenoxy) is 1. The topological polar surface area (TPSA) is 47.0 Å². The van der Waals surface area contributed by atoms with Crippen LogP contribution in [0.1, 0.15) is 11.3 Å². The second kappa shape index (κ2) is 6.56. The number of nitrogens with one attached hydrogen (secondary N) is 1. The molecule has 0 aliphatic rings. The van der Waals surface area contributed by atoms with Gasteiger partial charge in [-0.2, -0.15) is 8.78 Å². The summed E-state index contributed by atoms with van der Waals surface area (Å²) in [7, 11) is 0. The van der Waals surface area contributed by atoms with Crippen molar-refractivity contribution in [2.75, 3.05) is 5.32 Å². The summed E-state index contributed by atoms with van der Waals surface area (Å²) >= 11 is 0. The molecule has 0 unspecified atom stereocenters. The number of alkyl halides is 2. The predicted molar refractivity (Wildman–Crippen MR) is 84.7 cm³/mol. The number of nitrogens with zero attached hydrogens (tertiary/aromatic N) is 2. The van der Waals surface area contributed by atoms with Crippen LogP contribution in [-0.4, -0.2) is 16.6 Å². The summed E-state index contributed by atoms with van der Waals surface area (Å²) in [6.45, 7) is -0.350. The lowest BCUT2D eigenvalue weighted by Crippen LogP contribution is -2.05. The zero-order chi connectivity index (χ0) is 16.2. The highest BCUT2D eigenvalue weighted by molar-refractivity contribution is 5.92. The van der Waals surface area contributed by atoms with E-state index in [1.807, 2.05) is 31.2 Å². The van der Waals surface area contributed by atoms with Crippen molar-refractivity contribution in [1.82, 2.24) is 9.97 Å². The molecule has 118 valence electrons. The molecule has 3 rings (SSSR count). The molecule has 1 N–H and O–H groups in total. The second-order valence-corrected chi connectivity index (χ2v) is 5.05. The number of rotatable bonds is 5. The lowest BCUT2D eigenvalue weighted by molar-refractivity contribution is -0.0500. The first-order valence-electron chi connectivity index (χ1n) is 7.11. The quantitative estimate of drug-likeness (QED) is 0.768. The molecule has 1 aromatic carbocycles. The van der Waals surface area contributed by atoms with Gasteiger partial charge in [0, 0.05) is 17.3 Å². The molecule has 0 radical (unpaired) electrons. The minimum atomic E-state index is -2.84. The van der Waals surface area contributed by atoms with Gasteiger partial charge in [0.15, 0.2) is 0 Å². The van der Waals surface area contributed by atoms with Crippen molar-refractivity contribution < 1.29 is 13.5 Å². The molecular formula is C17H15F2N3O. The SMILES string of the molecule is Cc1cccc2c(NCc3ccc(OC(F)F)cn3)ccnc12. The van der Waals surface area contributed by atoms with Crippen LogP contribution >= 0.6 is 0 Å². The Morgan fingerprint density at radius 3 is 2.74 bits per heavy atom. The average molecular weight is 315 g/mol. The lowest BCUT2D eigenvalue weighted by Gasteiger charge is -2.10. The standard InChI is InChI=1S/C17H15F2N3O/c1-11-3-2-4-14-15(7-8-20-16(11)14)22-9-12-5-6-13(10-21-12)23-17(18)19/h2-8,10,17H,9H2,1H3,(H,20,22). The molecule has 0 spiro atoms. The van der Waals surface area contributed by atoms with Gasteiger partial charge in [-0.1, -0.05) is 18.2 Å². The summed E-state index contributed by atoms with van der Waals surface area (Å²) in [6, 6.07) is 11.0. The fourth-order valence-electron chi connectivity index (χ4n) is 2.35. The molecule has 2 heterocycles. The number of fused-ring (bicyclic) bond motifs is 1. The van der Waals surface area contributed by atoms with Crippen LogP contribution < -0.4 is 10.1 Å². The molecule has 23 heavy (non-hydrogen) atoms. The molecule has 6 heteroatoms. The first kappa shape index (κ1) is 15.1. The normalized spacial score (nSPS) is 11.0. The molecule has 0 atom stereocenters. The van der Waals surface area contributed by atoms with E-state index >= 15 is 0 Å². The highest BCUT2D eigenvalue weighted by Crippen LogP contribution is 2.24. The van der Waals surface area contributed by atoms with Gasteiger partial charge in [-0.05, 0) is 30.7 Å². The summed E-state index contributed by atoms with van der Waals surface area (Å²) < 4.78 is 28.5. The van der Waals surface area contributed by atoms with Crippen LogP contribution in [0.25, 0.3) is 10.9 Å². The Morgan fingerprint density at radius 1 is 1.13 bits per heavy atom. The molecule has 0 amide bonds. The van der Waals surface area contributed by atoms with Crippen LogP contribution in [0, 0.1) is 6.92 Å². The lowest BCUT2D eigenvalue weighted by atomic mass is 10.1. The molecule has 0 aliphatic carbocycles. The Labute approximate surface area is 132 Å². The van der Waals surface area contributed by atoms with Gasteiger partial charge in [0.05, 0.1) is 24.0 Å². The minimum Gasteiger partial charge on any atom is -0.433 e. The van der Waals surface area contributed by atoms with Gasteiger partial charge < -0.3 is 10.1 Å². The van der Waals surface area contributed by atoms with Crippen LogP contribution in [-0.2, 0) is 6.54 Å². The van der Waals surface area contributed by atoms with Crippen molar-refractivity contribution in [3.8, 4) is 5.75 Å². The van der Waals surface area contributed by atoms with Crippen LogP contribution in [0.15, 0.2) is 48.8 Å². The van der Waals surface area contributed by atoms with Gasteiger partial charge in [0.1, 0.15) is 5.75 Å². The number of aromatic nitrogens is 2. The summed E-state index contributed by atoms with van der Waals surface area (Å²) in [6.07, 6.45) is 3.04. The van der Waals surface area contributed by atoms with Gasteiger partial charge in [0.25, 0.3) is 0 Å². The molecule has 0 bridgehead atoms. The molecule has 3 aromatic rings. The van der Waals surface area contributed by atoms with Crippen molar-refractivity contribution in [2.24, 2.45) is 0 Å². The molecule has 0 fully saturated rings. The monoisotopic (exact) mass is 315 g/mol. The third kappa shape index (κ3) is 3.53. The summed E-state index contributed by atoms with van der Waals surface area (Å²) in [5.41, 5.74) is 3.74. The predicted octanol–water partition coefficient (Wildman–Crippen LogP) is 4.15. The number of pyridine rings is 2. The first-order valence-corrected chi connectivity index (χ1v) is 7.11. The number of benzene rings is 1. The van der Waals surface area contributed by atoms with E-state index in [2.05, 4.69) is 20.0 Å². The van der Waals surface area contributed by atoms with Crippen molar-refractivity contribution in [3.05, 3.63) is 60.0 Å². The van der Waals surface area contributed by atoms with E-state index in [0.29, 0.717) is 6.54 Å². The number of aryl methyl sites for hydroxylation is 1. The fraction of sp³-hybridized carbons (Fsp3) is 0.176. The second-order valence-electron chi connectivity index (χ2n) is 5.05. The van der Waals surface area contributed by atoms with Crippen molar-refractivity contribution >= 4 is 16.6 Å². The third-order valence-corrected chi connectivity index (χ3v) is 3.46. The summed E-state index contributed by atoms with van der Waals surface area (Å²) in [4.78, 5) is 8.50. The smallest absolute Gasteiger partial charge is 0.387 e. The van der Waals surface area contributed by atoms with E-state index in [1.54, 1.807) is 12.3 Å². The zero-order valence-electron chi connectivity index (χ0n) is 12.5. The van der Waals surface area contributed by atoms with Crippen LogP contribution in [0.3, 0.4) is 0 Å². The van der Waals surface area contributed by atoms with Gasteiger partial charge in [-0.3, -0.25) is 9.97 Å². The van der Waals surface area contributed by atoms with Gasteiger partial charge in [-0.15, -0.1) is 0 Å². The Balaban J connectivity index is 1.75. The fourth-order valence-corrected chi connectivity index (χ4v) is 2.35. The summed E-state index contributed by atoms with van der Waals surface area (Å²) in [5.74, 6) is 0.0498. The van der Waals surface area contributed by atoms with E-state index in [1.165, 1.54) is 12.3 Å². The largest absolute Gasteiger partial charge is 0.433 e. The average Bonchev–Trinajstić information content (AvgIpc) is 2.54. The van der Waals surface area contributed by atoms with Crippen LogP contribution in [0.4, 0.5) is 14.5 Å². The van der Waals surface area contributed by atoms with Crippen molar-refractivity contribution in [1.29, 1.82) is 0 Å². The molecule has 0 aliphatic heterocycles. The number of para-hydroxylation sites is 1. The van der Waals surface area contributed by atoms with Crippen molar-refractivity contribution in [2.45, 2.75) is 20.1 Å². The Kier molecular flexibility index (Phi) is 4.32.